The molecule has 4 rings (SSSR count). The third-order valence-corrected chi connectivity index (χ3v) is 4.93. The molecule has 1 saturated heterocycles. The molecular formula is C21H24N2O2. The highest BCUT2D eigenvalue weighted by molar-refractivity contribution is 5.72. The Labute approximate surface area is 148 Å². The molecule has 0 saturated carbocycles. The van der Waals surface area contributed by atoms with Crippen molar-refractivity contribution in [2.24, 2.45) is 5.92 Å². The van der Waals surface area contributed by atoms with Crippen molar-refractivity contribution in [3.05, 3.63) is 66.1 Å². The van der Waals surface area contributed by atoms with E-state index in [9.17, 15) is 0 Å². The van der Waals surface area contributed by atoms with Crippen LogP contribution in [0, 0.1) is 5.92 Å². The maximum atomic E-state index is 5.94. The summed E-state index contributed by atoms with van der Waals surface area (Å²) in [6.45, 7) is 3.86. The first kappa shape index (κ1) is 16.3. The molecule has 130 valence electrons. The van der Waals surface area contributed by atoms with Crippen LogP contribution in [-0.2, 0) is 4.74 Å². The molecule has 0 radical (unpaired) electrons. The summed E-state index contributed by atoms with van der Waals surface area (Å²) in [5.74, 6) is 1.35. The van der Waals surface area contributed by atoms with Gasteiger partial charge in [0.05, 0.1) is 6.04 Å². The molecule has 1 N–H and O–H groups in total. The molecule has 2 aromatic carbocycles. The fraction of sp³-hybridized carbons (Fsp3) is 0.381. The van der Waals surface area contributed by atoms with E-state index in [4.69, 9.17) is 9.15 Å². The number of fused-ring (bicyclic) bond motifs is 1. The van der Waals surface area contributed by atoms with Gasteiger partial charge in [-0.2, -0.15) is 0 Å². The van der Waals surface area contributed by atoms with Gasteiger partial charge in [-0.25, -0.2) is 4.98 Å². The van der Waals surface area contributed by atoms with Gasteiger partial charge in [0, 0.05) is 19.3 Å². The fourth-order valence-electron chi connectivity index (χ4n) is 3.54. The quantitative estimate of drug-likeness (QED) is 0.712. The average molecular weight is 336 g/mol. The average Bonchev–Trinajstić information content (AvgIpc) is 3.31. The summed E-state index contributed by atoms with van der Waals surface area (Å²) in [5, 5.41) is 3.73. The number of rotatable bonds is 6. The lowest BCUT2D eigenvalue weighted by molar-refractivity contribution is 0.180. The lowest BCUT2D eigenvalue weighted by atomic mass is 9.93. The Morgan fingerprint density at radius 1 is 1.12 bits per heavy atom. The van der Waals surface area contributed by atoms with Gasteiger partial charge in [0.25, 0.3) is 0 Å². The van der Waals surface area contributed by atoms with Crippen LogP contribution in [0.4, 0.5) is 0 Å². The van der Waals surface area contributed by atoms with Gasteiger partial charge in [-0.1, -0.05) is 42.5 Å². The van der Waals surface area contributed by atoms with Crippen molar-refractivity contribution in [1.82, 2.24) is 10.3 Å². The highest BCUT2D eigenvalue weighted by Crippen LogP contribution is 2.29. The van der Waals surface area contributed by atoms with Gasteiger partial charge < -0.3 is 9.15 Å². The van der Waals surface area contributed by atoms with Crippen molar-refractivity contribution in [2.45, 2.75) is 31.8 Å². The van der Waals surface area contributed by atoms with Gasteiger partial charge in [-0.3, -0.25) is 5.32 Å². The molecule has 0 unspecified atom stereocenters. The van der Waals surface area contributed by atoms with Gasteiger partial charge in [0.2, 0.25) is 5.89 Å². The summed E-state index contributed by atoms with van der Waals surface area (Å²) >= 11 is 0. The number of para-hydroxylation sites is 2. The minimum atomic E-state index is 0.0416. The Balaban J connectivity index is 1.54. The number of benzene rings is 2. The second-order valence-corrected chi connectivity index (χ2v) is 6.84. The number of ether oxygens (including phenoxy) is 1. The van der Waals surface area contributed by atoms with E-state index < -0.39 is 0 Å². The minimum Gasteiger partial charge on any atom is -0.439 e. The van der Waals surface area contributed by atoms with E-state index in [-0.39, 0.29) is 12.1 Å². The predicted octanol–water partition coefficient (Wildman–Crippen LogP) is 4.65. The van der Waals surface area contributed by atoms with Crippen LogP contribution in [0.1, 0.15) is 43.3 Å². The predicted molar refractivity (Wildman–Crippen MR) is 98.3 cm³/mol. The highest BCUT2D eigenvalue weighted by Gasteiger charge is 2.24. The molecule has 0 bridgehead atoms. The van der Waals surface area contributed by atoms with Crippen LogP contribution in [-0.4, -0.2) is 18.2 Å². The van der Waals surface area contributed by atoms with Crippen molar-refractivity contribution < 1.29 is 9.15 Å². The first-order valence-electron chi connectivity index (χ1n) is 9.04. The van der Waals surface area contributed by atoms with Crippen LogP contribution in [0.3, 0.4) is 0 Å². The number of aromatic nitrogens is 1. The fourth-order valence-corrected chi connectivity index (χ4v) is 3.54. The molecule has 3 aromatic rings. The summed E-state index contributed by atoms with van der Waals surface area (Å²) in [4.78, 5) is 4.64. The molecule has 1 aliphatic rings. The second kappa shape index (κ2) is 7.38. The topological polar surface area (TPSA) is 47.3 Å². The molecule has 4 nitrogen and oxygen atoms in total. The van der Waals surface area contributed by atoms with E-state index >= 15 is 0 Å². The number of nitrogens with one attached hydrogen (secondary N) is 1. The normalized spacial score (nSPS) is 20.0. The van der Waals surface area contributed by atoms with E-state index in [0.29, 0.717) is 5.92 Å². The van der Waals surface area contributed by atoms with Crippen LogP contribution in [0.2, 0.25) is 0 Å². The van der Waals surface area contributed by atoms with Gasteiger partial charge in [0.1, 0.15) is 5.52 Å². The van der Waals surface area contributed by atoms with E-state index in [1.165, 1.54) is 5.56 Å². The third kappa shape index (κ3) is 3.75. The molecule has 0 aliphatic carbocycles. The van der Waals surface area contributed by atoms with Crippen LogP contribution in [0.15, 0.2) is 59.0 Å². The molecular weight excluding hydrogens is 312 g/mol. The van der Waals surface area contributed by atoms with Gasteiger partial charge >= 0.3 is 0 Å². The first-order valence-corrected chi connectivity index (χ1v) is 9.04. The number of hydrogen-bond donors (Lipinski definition) is 1. The third-order valence-electron chi connectivity index (χ3n) is 4.93. The Hall–Kier alpha value is -2.17. The van der Waals surface area contributed by atoms with Gasteiger partial charge in [-0.05, 0) is 43.4 Å². The van der Waals surface area contributed by atoms with Crippen molar-refractivity contribution in [1.29, 1.82) is 0 Å². The molecule has 0 amide bonds. The van der Waals surface area contributed by atoms with Crippen molar-refractivity contribution in [3.63, 3.8) is 0 Å². The number of nitrogens with zero attached hydrogens (tertiary/aromatic N) is 1. The van der Waals surface area contributed by atoms with Crippen molar-refractivity contribution in [3.8, 4) is 0 Å². The van der Waals surface area contributed by atoms with Gasteiger partial charge in [-0.15, -0.1) is 0 Å². The molecule has 0 spiro atoms. The Morgan fingerprint density at radius 2 is 1.92 bits per heavy atom. The second-order valence-electron chi connectivity index (χ2n) is 6.84. The first-order chi connectivity index (χ1) is 12.3. The Bertz CT molecular complexity index is 776. The Morgan fingerprint density at radius 3 is 2.68 bits per heavy atom. The number of oxazole rings is 1. The molecule has 25 heavy (non-hydrogen) atoms. The zero-order valence-corrected chi connectivity index (χ0v) is 14.5. The summed E-state index contributed by atoms with van der Waals surface area (Å²) in [6, 6.07) is 18.8. The van der Waals surface area contributed by atoms with Gasteiger partial charge in [0.15, 0.2) is 5.58 Å². The summed E-state index contributed by atoms with van der Waals surface area (Å²) in [6.07, 6.45) is 2.21. The maximum absolute atomic E-state index is 5.94. The van der Waals surface area contributed by atoms with E-state index in [0.717, 1.165) is 43.0 Å². The molecule has 3 atom stereocenters. The monoisotopic (exact) mass is 336 g/mol. The minimum absolute atomic E-state index is 0.0416. The van der Waals surface area contributed by atoms with E-state index in [1.54, 1.807) is 0 Å². The molecule has 1 aromatic heterocycles. The van der Waals surface area contributed by atoms with Crippen molar-refractivity contribution >= 4 is 11.1 Å². The summed E-state index contributed by atoms with van der Waals surface area (Å²) in [7, 11) is 0. The van der Waals surface area contributed by atoms with Crippen LogP contribution < -0.4 is 5.32 Å². The Kier molecular flexibility index (Phi) is 4.81. The summed E-state index contributed by atoms with van der Waals surface area (Å²) in [5.41, 5.74) is 3.05. The molecule has 2 heterocycles. The maximum Gasteiger partial charge on any atom is 0.212 e. The zero-order valence-electron chi connectivity index (χ0n) is 14.5. The van der Waals surface area contributed by atoms with Crippen LogP contribution >= 0.6 is 0 Å². The van der Waals surface area contributed by atoms with Crippen LogP contribution in [0.25, 0.3) is 11.1 Å². The highest BCUT2D eigenvalue weighted by atomic mass is 16.5. The molecule has 1 fully saturated rings. The van der Waals surface area contributed by atoms with Crippen molar-refractivity contribution in [2.75, 3.05) is 13.2 Å². The standard InChI is InChI=1S/C21H24N2O2/c1-15(21-23-18-9-5-6-10-20(18)25-21)22-19(13-16-11-12-24-14-16)17-7-3-2-4-8-17/h2-10,15-16,19,22H,11-14H2,1H3/t15-,16-,19-/m0/s1. The summed E-state index contributed by atoms with van der Waals surface area (Å²) < 4.78 is 11.5. The zero-order chi connectivity index (χ0) is 17.1. The van der Waals surface area contributed by atoms with E-state index in [2.05, 4.69) is 47.6 Å². The smallest absolute Gasteiger partial charge is 0.212 e. The molecule has 1 aliphatic heterocycles. The van der Waals surface area contributed by atoms with E-state index in [1.807, 2.05) is 24.3 Å². The lowest BCUT2D eigenvalue weighted by Gasteiger charge is -2.24. The largest absolute Gasteiger partial charge is 0.439 e. The number of hydrogen-bond acceptors (Lipinski definition) is 4. The SMILES string of the molecule is C[C@H](N[C@@H](C[C@@H]1CCOC1)c1ccccc1)c1nc2ccccc2o1. The lowest BCUT2D eigenvalue weighted by Crippen LogP contribution is -2.27. The molecule has 4 heteroatoms. The van der Waals surface area contributed by atoms with Crippen LogP contribution in [0.5, 0.6) is 0 Å².